The maximum Gasteiger partial charge on any atom is 0.246 e. The van der Waals surface area contributed by atoms with Crippen LogP contribution in [-0.2, 0) is 11.2 Å². The van der Waals surface area contributed by atoms with Crippen molar-refractivity contribution in [1.82, 2.24) is 15.0 Å². The number of halogens is 1. The van der Waals surface area contributed by atoms with Crippen LogP contribution in [0.1, 0.15) is 25.3 Å². The molecule has 3 aromatic rings. The second kappa shape index (κ2) is 9.08. The van der Waals surface area contributed by atoms with Crippen molar-refractivity contribution in [2.75, 3.05) is 6.54 Å². The van der Waals surface area contributed by atoms with Gasteiger partial charge in [-0.1, -0.05) is 35.5 Å². The molecule has 2 aromatic carbocycles. The Hall–Kier alpha value is -3.28. The van der Waals surface area contributed by atoms with Crippen molar-refractivity contribution in [3.8, 4) is 11.4 Å². The number of benzene rings is 2. The first-order chi connectivity index (χ1) is 13.5. The molecule has 0 saturated heterocycles. The second-order valence-electron chi connectivity index (χ2n) is 6.64. The van der Waals surface area contributed by atoms with E-state index in [1.165, 1.54) is 12.1 Å². The monoisotopic (exact) mass is 379 g/mol. The maximum absolute atomic E-state index is 13.0. The number of aromatic nitrogens is 2. The van der Waals surface area contributed by atoms with Crippen LogP contribution < -0.4 is 0 Å². The van der Waals surface area contributed by atoms with Crippen LogP contribution in [0.3, 0.4) is 0 Å². The van der Waals surface area contributed by atoms with Gasteiger partial charge in [-0.15, -0.1) is 0 Å². The zero-order chi connectivity index (χ0) is 19.9. The highest BCUT2D eigenvalue weighted by atomic mass is 19.1. The van der Waals surface area contributed by atoms with Gasteiger partial charge in [0.2, 0.25) is 17.6 Å². The normalized spacial score (nSPS) is 11.3. The van der Waals surface area contributed by atoms with E-state index in [2.05, 4.69) is 10.1 Å². The van der Waals surface area contributed by atoms with Crippen molar-refractivity contribution in [1.29, 1.82) is 0 Å². The van der Waals surface area contributed by atoms with Crippen LogP contribution in [0, 0.1) is 5.82 Å². The number of carbonyl (C=O) groups excluding carboxylic acids is 1. The van der Waals surface area contributed by atoms with E-state index in [9.17, 15) is 9.18 Å². The zero-order valence-corrected chi connectivity index (χ0v) is 15.9. The number of rotatable bonds is 7. The fraction of sp³-hybridized carbons (Fsp3) is 0.227. The number of hydrogen-bond acceptors (Lipinski definition) is 4. The lowest BCUT2D eigenvalue weighted by Gasteiger charge is -2.24. The first-order valence-electron chi connectivity index (χ1n) is 9.15. The molecular formula is C22H22FN3O2. The Morgan fingerprint density at radius 1 is 1.14 bits per heavy atom. The van der Waals surface area contributed by atoms with E-state index >= 15 is 0 Å². The van der Waals surface area contributed by atoms with Gasteiger partial charge in [-0.2, -0.15) is 4.98 Å². The molecule has 0 atom stereocenters. The highest BCUT2D eigenvalue weighted by Crippen LogP contribution is 2.16. The quantitative estimate of drug-likeness (QED) is 0.572. The summed E-state index contributed by atoms with van der Waals surface area (Å²) in [6.45, 7) is 4.39. The third kappa shape index (κ3) is 5.13. The molecule has 144 valence electrons. The Labute approximate surface area is 163 Å². The van der Waals surface area contributed by atoms with E-state index < -0.39 is 0 Å². The summed E-state index contributed by atoms with van der Waals surface area (Å²) < 4.78 is 18.3. The number of nitrogens with zero attached hydrogens (tertiary/aromatic N) is 3. The van der Waals surface area contributed by atoms with Gasteiger partial charge in [-0.3, -0.25) is 4.79 Å². The molecule has 0 aliphatic heterocycles. The highest BCUT2D eigenvalue weighted by molar-refractivity contribution is 5.92. The van der Waals surface area contributed by atoms with Crippen LogP contribution in [0.2, 0.25) is 0 Å². The minimum absolute atomic E-state index is 0.0346. The molecule has 0 saturated carbocycles. The summed E-state index contributed by atoms with van der Waals surface area (Å²) in [5.74, 6) is 0.449. The minimum Gasteiger partial charge on any atom is -0.339 e. The minimum atomic E-state index is -0.317. The number of carbonyl (C=O) groups is 1. The summed E-state index contributed by atoms with van der Waals surface area (Å²) in [5.41, 5.74) is 1.65. The predicted octanol–water partition coefficient (Wildman–Crippen LogP) is 4.37. The average molecular weight is 379 g/mol. The lowest BCUT2D eigenvalue weighted by Crippen LogP contribution is -2.37. The summed E-state index contributed by atoms with van der Waals surface area (Å²) in [6, 6.07) is 15.6. The fourth-order valence-electron chi connectivity index (χ4n) is 2.74. The van der Waals surface area contributed by atoms with Crippen molar-refractivity contribution in [3.05, 3.63) is 77.9 Å². The molecule has 1 aromatic heterocycles. The molecule has 28 heavy (non-hydrogen) atoms. The molecule has 0 unspecified atom stereocenters. The summed E-state index contributed by atoms with van der Waals surface area (Å²) in [7, 11) is 0. The van der Waals surface area contributed by atoms with Gasteiger partial charge in [0.1, 0.15) is 5.82 Å². The molecule has 5 nitrogen and oxygen atoms in total. The molecule has 0 bridgehead atoms. The summed E-state index contributed by atoms with van der Waals surface area (Å²) in [4.78, 5) is 18.7. The number of amides is 1. The molecular weight excluding hydrogens is 357 g/mol. The molecule has 3 rings (SSSR count). The van der Waals surface area contributed by atoms with Crippen molar-refractivity contribution < 1.29 is 13.7 Å². The molecule has 0 fully saturated rings. The maximum atomic E-state index is 13.0. The fourth-order valence-corrected chi connectivity index (χ4v) is 2.74. The summed E-state index contributed by atoms with van der Waals surface area (Å²) in [6.07, 6.45) is 3.82. The first kappa shape index (κ1) is 19.5. The standard InChI is InChI=1S/C22H22FN3O2/c1-16(2)26(21(27)13-8-17-6-4-3-5-7-17)15-14-20-24-22(25-28-20)18-9-11-19(23)12-10-18/h3-13,16H,14-15H2,1-2H3. The largest absolute Gasteiger partial charge is 0.339 e. The van der Waals surface area contributed by atoms with Crippen LogP contribution in [0.15, 0.2) is 65.2 Å². The lowest BCUT2D eigenvalue weighted by molar-refractivity contribution is -0.127. The molecule has 6 heteroatoms. The van der Waals surface area contributed by atoms with E-state index in [4.69, 9.17) is 4.52 Å². The van der Waals surface area contributed by atoms with Gasteiger partial charge in [0.15, 0.2) is 0 Å². The highest BCUT2D eigenvalue weighted by Gasteiger charge is 2.16. The SMILES string of the molecule is CC(C)N(CCc1nc(-c2ccc(F)cc2)no1)C(=O)C=Cc1ccccc1. The first-order valence-corrected chi connectivity index (χ1v) is 9.15. The van der Waals surface area contributed by atoms with Gasteiger partial charge in [0, 0.05) is 30.6 Å². The van der Waals surface area contributed by atoms with Gasteiger partial charge >= 0.3 is 0 Å². The predicted molar refractivity (Wildman–Crippen MR) is 106 cm³/mol. The van der Waals surface area contributed by atoms with Crippen molar-refractivity contribution in [2.45, 2.75) is 26.3 Å². The molecule has 0 radical (unpaired) electrons. The summed E-state index contributed by atoms with van der Waals surface area (Å²) in [5, 5.41) is 3.93. The van der Waals surface area contributed by atoms with E-state index in [1.807, 2.05) is 44.2 Å². The van der Waals surface area contributed by atoms with E-state index in [0.717, 1.165) is 5.56 Å². The smallest absolute Gasteiger partial charge is 0.246 e. The van der Waals surface area contributed by atoms with Crippen LogP contribution in [0.25, 0.3) is 17.5 Å². The van der Waals surface area contributed by atoms with Gasteiger partial charge in [-0.05, 0) is 49.8 Å². The van der Waals surface area contributed by atoms with Gasteiger partial charge in [0.05, 0.1) is 0 Å². The summed E-state index contributed by atoms with van der Waals surface area (Å²) >= 11 is 0. The molecule has 0 aliphatic carbocycles. The van der Waals surface area contributed by atoms with Gasteiger partial charge < -0.3 is 9.42 Å². The van der Waals surface area contributed by atoms with Crippen LogP contribution in [0.5, 0.6) is 0 Å². The topological polar surface area (TPSA) is 59.2 Å². The van der Waals surface area contributed by atoms with E-state index in [0.29, 0.717) is 30.2 Å². The lowest BCUT2D eigenvalue weighted by atomic mass is 10.2. The molecule has 0 spiro atoms. The van der Waals surface area contributed by atoms with Crippen LogP contribution in [-0.4, -0.2) is 33.5 Å². The van der Waals surface area contributed by atoms with Crippen molar-refractivity contribution in [3.63, 3.8) is 0 Å². The van der Waals surface area contributed by atoms with Crippen molar-refractivity contribution in [2.24, 2.45) is 0 Å². The Balaban J connectivity index is 1.63. The van der Waals surface area contributed by atoms with Gasteiger partial charge in [0.25, 0.3) is 0 Å². The van der Waals surface area contributed by atoms with E-state index in [-0.39, 0.29) is 17.8 Å². The molecule has 0 N–H and O–H groups in total. The van der Waals surface area contributed by atoms with Crippen molar-refractivity contribution >= 4 is 12.0 Å². The average Bonchev–Trinajstić information content (AvgIpc) is 3.16. The Morgan fingerprint density at radius 3 is 2.54 bits per heavy atom. The third-order valence-electron chi connectivity index (χ3n) is 4.26. The van der Waals surface area contributed by atoms with E-state index in [1.54, 1.807) is 29.2 Å². The van der Waals surface area contributed by atoms with Gasteiger partial charge in [-0.25, -0.2) is 4.39 Å². The Bertz CT molecular complexity index is 934. The van der Waals surface area contributed by atoms with Crippen LogP contribution >= 0.6 is 0 Å². The van der Waals surface area contributed by atoms with Crippen LogP contribution in [0.4, 0.5) is 4.39 Å². The third-order valence-corrected chi connectivity index (χ3v) is 4.26. The second-order valence-corrected chi connectivity index (χ2v) is 6.64. The molecule has 0 aliphatic rings. The zero-order valence-electron chi connectivity index (χ0n) is 15.9. The Morgan fingerprint density at radius 2 is 1.86 bits per heavy atom. The molecule has 1 heterocycles. The number of hydrogen-bond donors (Lipinski definition) is 0. The molecule has 1 amide bonds. The Kier molecular flexibility index (Phi) is 6.32.